The van der Waals surface area contributed by atoms with E-state index in [9.17, 15) is 0 Å². The first kappa shape index (κ1) is 16.7. The Morgan fingerprint density at radius 2 is 2.26 bits per heavy atom. The second kappa shape index (κ2) is 8.66. The molecule has 2 fully saturated rings. The second-order valence-electron chi connectivity index (χ2n) is 6.27. The van der Waals surface area contributed by atoms with Gasteiger partial charge in [0.15, 0.2) is 5.96 Å². The summed E-state index contributed by atoms with van der Waals surface area (Å²) in [7, 11) is 0. The first-order chi connectivity index (χ1) is 11.3. The molecule has 3 rings (SSSR count). The lowest BCUT2D eigenvalue weighted by atomic mass is 10.1. The van der Waals surface area contributed by atoms with Gasteiger partial charge in [-0.05, 0) is 30.7 Å². The number of piperazine rings is 1. The van der Waals surface area contributed by atoms with Gasteiger partial charge in [0, 0.05) is 50.8 Å². The van der Waals surface area contributed by atoms with Crippen molar-refractivity contribution >= 4 is 17.3 Å². The van der Waals surface area contributed by atoms with Crippen LogP contribution in [0.2, 0.25) is 0 Å². The third-order valence-electron chi connectivity index (χ3n) is 4.51. The van der Waals surface area contributed by atoms with E-state index in [1.54, 1.807) is 11.3 Å². The molecular weight excluding hydrogens is 308 g/mol. The number of aliphatic imine (C=N–C) groups is 1. The summed E-state index contributed by atoms with van der Waals surface area (Å²) in [5.41, 5.74) is 0. The molecule has 2 aliphatic rings. The highest BCUT2D eigenvalue weighted by Gasteiger charge is 2.23. The third-order valence-corrected chi connectivity index (χ3v) is 5.37. The van der Waals surface area contributed by atoms with E-state index < -0.39 is 0 Å². The van der Waals surface area contributed by atoms with Crippen LogP contribution in [0.4, 0.5) is 0 Å². The lowest BCUT2D eigenvalue weighted by Gasteiger charge is -2.37. The molecule has 0 saturated carbocycles. The van der Waals surface area contributed by atoms with Gasteiger partial charge < -0.3 is 15.0 Å². The van der Waals surface area contributed by atoms with Crippen LogP contribution in [0.15, 0.2) is 22.5 Å². The van der Waals surface area contributed by atoms with E-state index in [4.69, 9.17) is 9.73 Å². The van der Waals surface area contributed by atoms with Crippen LogP contribution < -0.4 is 5.32 Å². The Hall–Kier alpha value is -1.11. The molecule has 1 aromatic heterocycles. The average molecular weight is 337 g/mol. The molecule has 5 nitrogen and oxygen atoms in total. The van der Waals surface area contributed by atoms with Gasteiger partial charge in [-0.3, -0.25) is 4.90 Å². The first-order valence-electron chi connectivity index (χ1n) is 8.71. The maximum atomic E-state index is 5.49. The summed E-state index contributed by atoms with van der Waals surface area (Å²) in [6.07, 6.45) is 1.23. The molecule has 0 aliphatic carbocycles. The van der Waals surface area contributed by atoms with E-state index in [1.165, 1.54) is 17.8 Å². The zero-order chi connectivity index (χ0) is 15.9. The predicted molar refractivity (Wildman–Crippen MR) is 96.1 cm³/mol. The fourth-order valence-electron chi connectivity index (χ4n) is 3.22. The number of thiophene rings is 1. The molecule has 0 amide bonds. The van der Waals surface area contributed by atoms with Crippen molar-refractivity contribution in [2.24, 2.45) is 10.9 Å². The summed E-state index contributed by atoms with van der Waals surface area (Å²) in [6, 6.07) is 4.24. The van der Waals surface area contributed by atoms with Crippen LogP contribution in [-0.4, -0.2) is 68.2 Å². The maximum absolute atomic E-state index is 5.49. The van der Waals surface area contributed by atoms with Crippen molar-refractivity contribution in [2.75, 3.05) is 52.5 Å². The lowest BCUT2D eigenvalue weighted by Crippen LogP contribution is -2.53. The smallest absolute Gasteiger partial charge is 0.194 e. The third kappa shape index (κ3) is 4.93. The zero-order valence-corrected chi connectivity index (χ0v) is 14.9. The van der Waals surface area contributed by atoms with Gasteiger partial charge in [0.25, 0.3) is 0 Å². The van der Waals surface area contributed by atoms with E-state index in [2.05, 4.69) is 39.6 Å². The highest BCUT2D eigenvalue weighted by Crippen LogP contribution is 2.15. The van der Waals surface area contributed by atoms with E-state index in [0.717, 1.165) is 64.4 Å². The summed E-state index contributed by atoms with van der Waals surface area (Å²) >= 11 is 1.77. The number of nitrogens with one attached hydrogen (secondary N) is 1. The molecule has 0 unspecified atom stereocenters. The SMILES string of the molecule is CCNC(=NCc1cccs1)N1CCN(C[C@@H]2CCOC2)CC1. The summed E-state index contributed by atoms with van der Waals surface area (Å²) < 4.78 is 5.49. The van der Waals surface area contributed by atoms with Gasteiger partial charge in [0.2, 0.25) is 0 Å². The number of nitrogens with zero attached hydrogens (tertiary/aromatic N) is 3. The van der Waals surface area contributed by atoms with Crippen LogP contribution in [-0.2, 0) is 11.3 Å². The number of rotatable bonds is 5. The molecule has 128 valence electrons. The standard InChI is InChI=1S/C17H28N4OS/c1-2-18-17(19-12-16-4-3-11-23-16)21-8-6-20(7-9-21)13-15-5-10-22-14-15/h3-4,11,15H,2,5-10,12-14H2,1H3,(H,18,19)/t15-/m0/s1. The Kier molecular flexibility index (Phi) is 6.30. The molecule has 3 heterocycles. The Labute approximate surface area is 143 Å². The molecule has 1 N–H and O–H groups in total. The largest absolute Gasteiger partial charge is 0.381 e. The summed E-state index contributed by atoms with van der Waals surface area (Å²) in [5, 5.41) is 5.56. The van der Waals surface area contributed by atoms with Crippen LogP contribution in [0.1, 0.15) is 18.2 Å². The summed E-state index contributed by atoms with van der Waals surface area (Å²) in [6.45, 7) is 11.3. The molecule has 1 atom stereocenters. The Morgan fingerprint density at radius 3 is 2.91 bits per heavy atom. The lowest BCUT2D eigenvalue weighted by molar-refractivity contribution is 0.139. The molecule has 0 aromatic carbocycles. The quantitative estimate of drug-likeness (QED) is 0.658. The molecular formula is C17H28N4OS. The van der Waals surface area contributed by atoms with Crippen LogP contribution in [0.25, 0.3) is 0 Å². The number of ether oxygens (including phenoxy) is 1. The minimum absolute atomic E-state index is 0.738. The molecule has 6 heteroatoms. The topological polar surface area (TPSA) is 40.1 Å². The molecule has 2 saturated heterocycles. The highest BCUT2D eigenvalue weighted by molar-refractivity contribution is 7.09. The van der Waals surface area contributed by atoms with Gasteiger partial charge >= 0.3 is 0 Å². The average Bonchev–Trinajstić information content (AvgIpc) is 3.26. The van der Waals surface area contributed by atoms with E-state index in [0.29, 0.717) is 0 Å². The Balaban J connectivity index is 1.49. The van der Waals surface area contributed by atoms with Gasteiger partial charge in [-0.25, -0.2) is 4.99 Å². The van der Waals surface area contributed by atoms with Crippen molar-refractivity contribution in [3.05, 3.63) is 22.4 Å². The normalized spacial score (nSPS) is 23.4. The van der Waals surface area contributed by atoms with E-state index >= 15 is 0 Å². The van der Waals surface area contributed by atoms with Gasteiger partial charge in [0.1, 0.15) is 0 Å². The molecule has 1 aromatic rings. The number of hydrogen-bond donors (Lipinski definition) is 1. The van der Waals surface area contributed by atoms with Crippen LogP contribution >= 0.6 is 11.3 Å². The minimum atomic E-state index is 0.738. The maximum Gasteiger partial charge on any atom is 0.194 e. The predicted octanol–water partition coefficient (Wildman–Crippen LogP) is 1.87. The Morgan fingerprint density at radius 1 is 1.39 bits per heavy atom. The second-order valence-corrected chi connectivity index (χ2v) is 7.30. The monoisotopic (exact) mass is 336 g/mol. The van der Waals surface area contributed by atoms with Crippen molar-refractivity contribution in [2.45, 2.75) is 19.9 Å². The van der Waals surface area contributed by atoms with Crippen molar-refractivity contribution < 1.29 is 4.74 Å². The minimum Gasteiger partial charge on any atom is -0.381 e. The van der Waals surface area contributed by atoms with Crippen molar-refractivity contribution in [3.8, 4) is 0 Å². The van der Waals surface area contributed by atoms with Gasteiger partial charge in [-0.2, -0.15) is 0 Å². The van der Waals surface area contributed by atoms with Crippen LogP contribution in [0.5, 0.6) is 0 Å². The molecule has 2 aliphatic heterocycles. The van der Waals surface area contributed by atoms with Gasteiger partial charge in [0.05, 0.1) is 13.2 Å². The molecule has 23 heavy (non-hydrogen) atoms. The van der Waals surface area contributed by atoms with Crippen LogP contribution in [0, 0.1) is 5.92 Å². The fraction of sp³-hybridized carbons (Fsp3) is 0.706. The van der Waals surface area contributed by atoms with E-state index in [-0.39, 0.29) is 0 Å². The van der Waals surface area contributed by atoms with E-state index in [1.807, 2.05) is 0 Å². The zero-order valence-electron chi connectivity index (χ0n) is 14.0. The molecule has 0 spiro atoms. The van der Waals surface area contributed by atoms with Gasteiger partial charge in [-0.1, -0.05) is 6.07 Å². The van der Waals surface area contributed by atoms with Crippen molar-refractivity contribution in [1.82, 2.24) is 15.1 Å². The van der Waals surface area contributed by atoms with Crippen LogP contribution in [0.3, 0.4) is 0 Å². The highest BCUT2D eigenvalue weighted by atomic mass is 32.1. The van der Waals surface area contributed by atoms with Crippen molar-refractivity contribution in [3.63, 3.8) is 0 Å². The summed E-state index contributed by atoms with van der Waals surface area (Å²) in [4.78, 5) is 11.1. The fourth-order valence-corrected chi connectivity index (χ4v) is 3.84. The number of hydrogen-bond acceptors (Lipinski definition) is 4. The Bertz CT molecular complexity index is 477. The van der Waals surface area contributed by atoms with Crippen molar-refractivity contribution in [1.29, 1.82) is 0 Å². The van der Waals surface area contributed by atoms with Gasteiger partial charge in [-0.15, -0.1) is 11.3 Å². The number of guanidine groups is 1. The molecule has 0 bridgehead atoms. The summed E-state index contributed by atoms with van der Waals surface area (Å²) in [5.74, 6) is 1.80. The molecule has 0 radical (unpaired) electrons. The first-order valence-corrected chi connectivity index (χ1v) is 9.59.